The number of hydrogen-bond donors (Lipinski definition) is 4. The molecule has 1 aliphatic rings. The van der Waals surface area contributed by atoms with Crippen LogP contribution < -0.4 is 22.1 Å². The zero-order chi connectivity index (χ0) is 12.4. The van der Waals surface area contributed by atoms with Crippen LogP contribution in [0.3, 0.4) is 0 Å². The van der Waals surface area contributed by atoms with Crippen molar-refractivity contribution in [2.45, 2.75) is 19.0 Å². The SMILES string of the molecule is CC1NNC(c2ccc(F)cc2)C1C(=O)NN. The second kappa shape index (κ2) is 4.79. The highest BCUT2D eigenvalue weighted by Crippen LogP contribution is 2.28. The number of carbonyl (C=O) groups is 1. The quantitative estimate of drug-likeness (QED) is 0.331. The Morgan fingerprint density at radius 2 is 2.00 bits per heavy atom. The zero-order valence-electron chi connectivity index (χ0n) is 9.41. The average molecular weight is 238 g/mol. The molecule has 0 spiro atoms. The molecule has 0 aromatic heterocycles. The molecule has 17 heavy (non-hydrogen) atoms. The summed E-state index contributed by atoms with van der Waals surface area (Å²) >= 11 is 0. The number of nitrogens with two attached hydrogens (primary N) is 1. The predicted octanol–water partition coefficient (Wildman–Crippen LogP) is -0.0308. The van der Waals surface area contributed by atoms with E-state index in [0.717, 1.165) is 5.56 Å². The van der Waals surface area contributed by atoms with Gasteiger partial charge in [-0.2, -0.15) is 0 Å². The van der Waals surface area contributed by atoms with E-state index in [1.807, 2.05) is 6.92 Å². The minimum Gasteiger partial charge on any atom is -0.294 e. The lowest BCUT2D eigenvalue weighted by Crippen LogP contribution is -2.41. The molecule has 1 aliphatic heterocycles. The van der Waals surface area contributed by atoms with Crippen LogP contribution >= 0.6 is 0 Å². The molecule has 5 nitrogen and oxygen atoms in total. The number of carbonyl (C=O) groups excluding carboxylic acids is 1. The number of amides is 1. The van der Waals surface area contributed by atoms with E-state index in [-0.39, 0.29) is 29.7 Å². The summed E-state index contributed by atoms with van der Waals surface area (Å²) in [6.45, 7) is 1.89. The Bertz CT molecular complexity index is 408. The molecule has 1 heterocycles. The molecule has 5 N–H and O–H groups in total. The first-order chi connectivity index (χ1) is 8.13. The van der Waals surface area contributed by atoms with Gasteiger partial charge in [-0.05, 0) is 24.6 Å². The molecule has 2 rings (SSSR count). The molecular formula is C11H15FN4O. The van der Waals surface area contributed by atoms with Gasteiger partial charge in [0.25, 0.3) is 0 Å². The largest absolute Gasteiger partial charge is 0.294 e. The van der Waals surface area contributed by atoms with Crippen LogP contribution in [0, 0.1) is 11.7 Å². The van der Waals surface area contributed by atoms with Crippen molar-refractivity contribution in [3.8, 4) is 0 Å². The monoisotopic (exact) mass is 238 g/mol. The minimum absolute atomic E-state index is 0.0476. The molecule has 1 aromatic carbocycles. The zero-order valence-corrected chi connectivity index (χ0v) is 9.41. The summed E-state index contributed by atoms with van der Waals surface area (Å²) in [7, 11) is 0. The first kappa shape index (κ1) is 12.0. The third-order valence-electron chi connectivity index (χ3n) is 3.04. The molecule has 0 aliphatic carbocycles. The Hall–Kier alpha value is -1.50. The van der Waals surface area contributed by atoms with E-state index in [9.17, 15) is 9.18 Å². The number of halogens is 1. The van der Waals surface area contributed by atoms with Gasteiger partial charge in [-0.1, -0.05) is 12.1 Å². The van der Waals surface area contributed by atoms with Crippen molar-refractivity contribution in [2.75, 3.05) is 0 Å². The maximum absolute atomic E-state index is 12.8. The first-order valence-electron chi connectivity index (χ1n) is 5.40. The highest BCUT2D eigenvalue weighted by atomic mass is 19.1. The van der Waals surface area contributed by atoms with E-state index < -0.39 is 0 Å². The lowest BCUT2D eigenvalue weighted by Gasteiger charge is -2.19. The van der Waals surface area contributed by atoms with Gasteiger partial charge in [-0.15, -0.1) is 0 Å². The molecule has 6 heteroatoms. The molecule has 92 valence electrons. The summed E-state index contributed by atoms with van der Waals surface area (Å²) < 4.78 is 12.8. The molecule has 3 atom stereocenters. The Balaban J connectivity index is 2.25. The van der Waals surface area contributed by atoms with E-state index >= 15 is 0 Å². The van der Waals surface area contributed by atoms with E-state index in [1.54, 1.807) is 12.1 Å². The van der Waals surface area contributed by atoms with Gasteiger partial charge in [0.05, 0.1) is 12.0 Å². The molecule has 0 bridgehead atoms. The van der Waals surface area contributed by atoms with Crippen LogP contribution in [-0.2, 0) is 4.79 Å². The van der Waals surface area contributed by atoms with E-state index in [2.05, 4.69) is 16.3 Å². The van der Waals surface area contributed by atoms with Crippen LogP contribution in [0.1, 0.15) is 18.5 Å². The second-order valence-electron chi connectivity index (χ2n) is 4.14. The van der Waals surface area contributed by atoms with Crippen molar-refractivity contribution < 1.29 is 9.18 Å². The maximum atomic E-state index is 12.8. The van der Waals surface area contributed by atoms with Gasteiger partial charge in [-0.25, -0.2) is 15.7 Å². The highest BCUT2D eigenvalue weighted by Gasteiger charge is 2.38. The van der Waals surface area contributed by atoms with Crippen LogP contribution in [0.4, 0.5) is 4.39 Å². The Morgan fingerprint density at radius 1 is 1.35 bits per heavy atom. The van der Waals surface area contributed by atoms with E-state index in [0.29, 0.717) is 0 Å². The molecule has 1 aromatic rings. The van der Waals surface area contributed by atoms with Gasteiger partial charge in [0.1, 0.15) is 5.82 Å². The number of benzene rings is 1. The lowest BCUT2D eigenvalue weighted by molar-refractivity contribution is -0.125. The fourth-order valence-corrected chi connectivity index (χ4v) is 2.12. The molecule has 0 saturated carbocycles. The molecule has 0 radical (unpaired) electrons. The predicted molar refractivity (Wildman–Crippen MR) is 60.7 cm³/mol. The third-order valence-corrected chi connectivity index (χ3v) is 3.04. The van der Waals surface area contributed by atoms with Crippen LogP contribution in [0.5, 0.6) is 0 Å². The van der Waals surface area contributed by atoms with Crippen LogP contribution in [0.15, 0.2) is 24.3 Å². The van der Waals surface area contributed by atoms with Crippen molar-refractivity contribution in [3.63, 3.8) is 0 Å². The van der Waals surface area contributed by atoms with Crippen molar-refractivity contribution in [1.82, 2.24) is 16.3 Å². The van der Waals surface area contributed by atoms with Crippen LogP contribution in [-0.4, -0.2) is 11.9 Å². The molecule has 3 unspecified atom stereocenters. The summed E-state index contributed by atoms with van der Waals surface area (Å²) in [4.78, 5) is 11.7. The van der Waals surface area contributed by atoms with E-state index in [1.165, 1.54) is 12.1 Å². The van der Waals surface area contributed by atoms with Crippen molar-refractivity contribution in [1.29, 1.82) is 0 Å². The fraction of sp³-hybridized carbons (Fsp3) is 0.364. The third kappa shape index (κ3) is 2.28. The number of nitrogens with one attached hydrogen (secondary N) is 3. The van der Waals surface area contributed by atoms with Gasteiger partial charge in [0.2, 0.25) is 5.91 Å². The van der Waals surface area contributed by atoms with Gasteiger partial charge < -0.3 is 0 Å². The number of rotatable bonds is 2. The average Bonchev–Trinajstić information content (AvgIpc) is 2.71. The van der Waals surface area contributed by atoms with Crippen molar-refractivity contribution in [2.24, 2.45) is 11.8 Å². The van der Waals surface area contributed by atoms with Crippen LogP contribution in [0.2, 0.25) is 0 Å². The summed E-state index contributed by atoms with van der Waals surface area (Å²) in [6.07, 6.45) is 0. The normalized spacial score (nSPS) is 28.1. The summed E-state index contributed by atoms with van der Waals surface area (Å²) in [5.74, 6) is 4.29. The second-order valence-corrected chi connectivity index (χ2v) is 4.14. The lowest BCUT2D eigenvalue weighted by atomic mass is 9.90. The molecule has 1 amide bonds. The van der Waals surface area contributed by atoms with Crippen molar-refractivity contribution >= 4 is 5.91 Å². The van der Waals surface area contributed by atoms with Gasteiger partial charge in [0.15, 0.2) is 0 Å². The topological polar surface area (TPSA) is 79.2 Å². The summed E-state index contributed by atoms with van der Waals surface area (Å²) in [5, 5.41) is 0. The Kier molecular flexibility index (Phi) is 3.37. The van der Waals surface area contributed by atoms with E-state index in [4.69, 9.17) is 5.84 Å². The minimum atomic E-state index is -0.328. The van der Waals surface area contributed by atoms with Crippen LogP contribution in [0.25, 0.3) is 0 Å². The smallest absolute Gasteiger partial charge is 0.240 e. The molecular weight excluding hydrogens is 223 g/mol. The first-order valence-corrected chi connectivity index (χ1v) is 5.40. The highest BCUT2D eigenvalue weighted by molar-refractivity contribution is 5.80. The summed E-state index contributed by atoms with van der Waals surface area (Å²) in [5.41, 5.74) is 9.01. The van der Waals surface area contributed by atoms with Crippen molar-refractivity contribution in [3.05, 3.63) is 35.6 Å². The standard InChI is InChI=1S/C11H15FN4O/c1-6-9(11(17)14-13)10(16-15-6)7-2-4-8(12)5-3-7/h2-6,9-10,15-16H,13H2,1H3,(H,14,17). The Labute approximate surface area is 98.5 Å². The number of hydrogen-bond acceptors (Lipinski definition) is 4. The fourth-order valence-electron chi connectivity index (χ4n) is 2.12. The van der Waals surface area contributed by atoms with Gasteiger partial charge in [-0.3, -0.25) is 15.6 Å². The maximum Gasteiger partial charge on any atom is 0.240 e. The molecule has 1 fully saturated rings. The molecule has 1 saturated heterocycles. The number of hydrazine groups is 2. The van der Waals surface area contributed by atoms with Gasteiger partial charge in [0, 0.05) is 6.04 Å². The summed E-state index contributed by atoms with van der Waals surface area (Å²) in [6, 6.07) is 5.80. The Morgan fingerprint density at radius 3 is 2.59 bits per heavy atom. The van der Waals surface area contributed by atoms with Gasteiger partial charge >= 0.3 is 0 Å².